The summed E-state index contributed by atoms with van der Waals surface area (Å²) in [7, 11) is 3.74. The fraction of sp³-hybridized carbons (Fsp3) is 0.457. The smallest absolute Gasteiger partial charge is 0.489 e. The maximum atomic E-state index is 14.0. The van der Waals surface area contributed by atoms with Crippen LogP contribution in [0.5, 0.6) is 5.75 Å². The Kier molecular flexibility index (Phi) is 10.2. The summed E-state index contributed by atoms with van der Waals surface area (Å²) in [6.07, 6.45) is 2.49. The first-order valence-corrected chi connectivity index (χ1v) is 16.0. The van der Waals surface area contributed by atoms with E-state index in [9.17, 15) is 19.8 Å². The number of amides is 1. The quantitative estimate of drug-likeness (QED) is 0.162. The summed E-state index contributed by atoms with van der Waals surface area (Å²) in [5.41, 5.74) is 2.93. The van der Waals surface area contributed by atoms with E-state index in [-0.39, 0.29) is 36.5 Å². The lowest BCUT2D eigenvalue weighted by atomic mass is 9.52. The number of carboxylic acid groups (broad SMARTS) is 1. The van der Waals surface area contributed by atoms with Crippen LogP contribution in [0.2, 0.25) is 5.02 Å². The van der Waals surface area contributed by atoms with Crippen molar-refractivity contribution in [3.05, 3.63) is 70.9 Å². The molecule has 3 aromatic rings. The molecule has 0 spiro atoms. The van der Waals surface area contributed by atoms with Gasteiger partial charge in [0.25, 0.3) is 5.91 Å². The van der Waals surface area contributed by atoms with E-state index >= 15 is 0 Å². The Morgan fingerprint density at radius 1 is 1.02 bits per heavy atom. The molecule has 9 nitrogen and oxygen atoms in total. The molecule has 1 aromatic heterocycles. The number of rotatable bonds is 10. The van der Waals surface area contributed by atoms with E-state index in [4.69, 9.17) is 26.1 Å². The summed E-state index contributed by atoms with van der Waals surface area (Å²) >= 11 is 6.50. The number of aliphatic hydroxyl groups excluding tert-OH is 1. The molecule has 4 bridgehead atoms. The van der Waals surface area contributed by atoms with Gasteiger partial charge in [0.1, 0.15) is 24.2 Å². The number of pyridine rings is 1. The number of aromatic nitrogens is 1. The maximum Gasteiger partial charge on any atom is 0.507 e. The van der Waals surface area contributed by atoms with Crippen LogP contribution >= 0.6 is 24.0 Å². The number of halogens is 2. The van der Waals surface area contributed by atoms with Crippen LogP contribution in [0, 0.1) is 30.6 Å². The average molecular weight is 671 g/mol. The Hall–Kier alpha value is -3.37. The van der Waals surface area contributed by atoms with E-state index in [1.165, 1.54) is 6.42 Å². The molecule has 4 aliphatic rings. The lowest BCUT2D eigenvalue weighted by molar-refractivity contribution is -0.191. The molecule has 0 saturated heterocycles. The van der Waals surface area contributed by atoms with Crippen LogP contribution in [0.15, 0.2) is 54.6 Å². The van der Waals surface area contributed by atoms with Crippen LogP contribution < -0.4 is 10.1 Å². The predicted molar refractivity (Wildman–Crippen MR) is 179 cm³/mol. The highest BCUT2D eigenvalue weighted by molar-refractivity contribution is 6.32. The van der Waals surface area contributed by atoms with E-state index in [1.54, 1.807) is 18.2 Å². The Balaban J connectivity index is 0.00000417. The second-order valence-electron chi connectivity index (χ2n) is 13.2. The SMILES string of the molecule is Cc1ccccc1-c1ccc(C(=O)NC2(OC(=O)O)C3CC4CC(C3)CC2C4)nc1-c1ccc(Cl)c(OC[C@H](O)CN(C)C)c1.Cl. The Morgan fingerprint density at radius 2 is 1.70 bits per heavy atom. The molecule has 4 fully saturated rings. The van der Waals surface area contributed by atoms with Crippen LogP contribution in [0.3, 0.4) is 0 Å². The molecule has 0 aliphatic heterocycles. The first-order valence-electron chi connectivity index (χ1n) is 15.6. The minimum atomic E-state index is -1.38. The number of ether oxygens (including phenoxy) is 2. The van der Waals surface area contributed by atoms with Crippen molar-refractivity contribution in [3.8, 4) is 28.1 Å². The minimum Gasteiger partial charge on any atom is -0.489 e. The summed E-state index contributed by atoms with van der Waals surface area (Å²) in [5.74, 6) is 0.911. The molecule has 4 saturated carbocycles. The lowest BCUT2D eigenvalue weighted by Crippen LogP contribution is -2.68. The van der Waals surface area contributed by atoms with Gasteiger partial charge in [-0.2, -0.15) is 0 Å². The van der Waals surface area contributed by atoms with Crippen molar-refractivity contribution in [3.63, 3.8) is 0 Å². The van der Waals surface area contributed by atoms with Gasteiger partial charge in [-0.15, -0.1) is 12.4 Å². The molecule has 0 radical (unpaired) electrons. The third kappa shape index (κ3) is 6.83. The summed E-state index contributed by atoms with van der Waals surface area (Å²) in [5, 5.41) is 23.6. The third-order valence-electron chi connectivity index (χ3n) is 9.69. The zero-order valence-corrected chi connectivity index (χ0v) is 27.8. The van der Waals surface area contributed by atoms with Crippen LogP contribution in [0.1, 0.15) is 48.2 Å². The number of hydrogen-bond donors (Lipinski definition) is 3. The summed E-state index contributed by atoms with van der Waals surface area (Å²) in [6.45, 7) is 2.50. The number of hydrogen-bond acceptors (Lipinski definition) is 7. The van der Waals surface area contributed by atoms with Gasteiger partial charge in [0.2, 0.25) is 0 Å². The van der Waals surface area contributed by atoms with E-state index < -0.39 is 23.9 Å². The normalized spacial score (nSPS) is 25.1. The zero-order valence-electron chi connectivity index (χ0n) is 26.2. The van der Waals surface area contributed by atoms with Crippen molar-refractivity contribution in [1.29, 1.82) is 0 Å². The Morgan fingerprint density at radius 3 is 2.33 bits per heavy atom. The number of carbonyl (C=O) groups excluding carboxylic acids is 1. The zero-order chi connectivity index (χ0) is 31.9. The standard InChI is InChI=1S/C35H40ClN3O6.ClH/c1-20-6-4-5-7-27(20)28-9-11-30(37-32(28)23-8-10-29(36)31(17-23)44-19-26(40)18-39(2)3)33(41)38-35(45-34(42)43)24-13-21-12-22(15-24)16-25(35)14-21;/h4-11,17,21-22,24-26,40H,12-16,18-19H2,1-3H3,(H,38,41)(H,42,43);1H/t21?,22?,24?,25?,26-,35?;/m1./s1. The van der Waals surface area contributed by atoms with E-state index in [0.29, 0.717) is 40.4 Å². The van der Waals surface area contributed by atoms with Gasteiger partial charge in [-0.1, -0.05) is 41.9 Å². The van der Waals surface area contributed by atoms with Crippen LogP contribution in [0.4, 0.5) is 4.79 Å². The number of benzene rings is 2. The van der Waals surface area contributed by atoms with Crippen LogP contribution in [0.25, 0.3) is 22.4 Å². The summed E-state index contributed by atoms with van der Waals surface area (Å²) < 4.78 is 11.6. The van der Waals surface area contributed by atoms with Gasteiger partial charge < -0.3 is 29.9 Å². The number of aryl methyl sites for hydroxylation is 1. The highest BCUT2D eigenvalue weighted by Gasteiger charge is 2.60. The molecule has 4 aliphatic carbocycles. The number of carbonyl (C=O) groups is 2. The highest BCUT2D eigenvalue weighted by Crippen LogP contribution is 2.58. The lowest BCUT2D eigenvalue weighted by Gasteiger charge is -2.59. The van der Waals surface area contributed by atoms with Crippen LogP contribution in [-0.2, 0) is 4.74 Å². The number of nitrogens with zero attached hydrogens (tertiary/aromatic N) is 2. The maximum absolute atomic E-state index is 14.0. The molecule has 3 N–H and O–H groups in total. The monoisotopic (exact) mass is 669 g/mol. The largest absolute Gasteiger partial charge is 0.507 e. The highest BCUT2D eigenvalue weighted by atomic mass is 35.5. The fourth-order valence-corrected chi connectivity index (χ4v) is 8.16. The summed E-state index contributed by atoms with van der Waals surface area (Å²) in [6, 6.07) is 16.8. The molecular weight excluding hydrogens is 629 g/mol. The van der Waals surface area contributed by atoms with E-state index in [2.05, 4.69) is 5.32 Å². The molecule has 1 atom stereocenters. The van der Waals surface area contributed by atoms with Gasteiger partial charge >= 0.3 is 6.16 Å². The first kappa shape index (κ1) is 34.0. The summed E-state index contributed by atoms with van der Waals surface area (Å²) in [4.78, 5) is 32.7. The van der Waals surface area contributed by atoms with Crippen molar-refractivity contribution in [1.82, 2.24) is 15.2 Å². The van der Waals surface area contributed by atoms with Crippen molar-refractivity contribution in [2.24, 2.45) is 23.7 Å². The third-order valence-corrected chi connectivity index (χ3v) is 10.0. The second-order valence-corrected chi connectivity index (χ2v) is 13.6. The molecule has 0 unspecified atom stereocenters. The minimum absolute atomic E-state index is 0. The first-order chi connectivity index (χ1) is 21.5. The topological polar surface area (TPSA) is 121 Å². The average Bonchev–Trinajstić information content (AvgIpc) is 2.98. The molecule has 1 amide bonds. The molecule has 246 valence electrons. The van der Waals surface area contributed by atoms with E-state index in [0.717, 1.165) is 42.4 Å². The Labute approximate surface area is 280 Å². The van der Waals surface area contributed by atoms with Crippen molar-refractivity contribution in [2.45, 2.75) is 50.9 Å². The van der Waals surface area contributed by atoms with Crippen molar-refractivity contribution in [2.75, 3.05) is 27.2 Å². The molecule has 11 heteroatoms. The van der Waals surface area contributed by atoms with Gasteiger partial charge in [-0.3, -0.25) is 4.79 Å². The molecular formula is C35H41Cl2N3O6. The van der Waals surface area contributed by atoms with E-state index in [1.807, 2.05) is 62.3 Å². The molecule has 7 rings (SSSR count). The van der Waals surface area contributed by atoms with Gasteiger partial charge in [0, 0.05) is 29.5 Å². The van der Waals surface area contributed by atoms with Gasteiger partial charge in [-0.25, -0.2) is 9.78 Å². The predicted octanol–water partition coefficient (Wildman–Crippen LogP) is 6.68. The molecule has 1 heterocycles. The fourth-order valence-electron chi connectivity index (χ4n) is 7.99. The van der Waals surface area contributed by atoms with Crippen molar-refractivity contribution < 1.29 is 29.3 Å². The van der Waals surface area contributed by atoms with Gasteiger partial charge in [0.05, 0.1) is 10.7 Å². The molecule has 46 heavy (non-hydrogen) atoms. The number of nitrogens with one attached hydrogen (secondary N) is 1. The molecule has 2 aromatic carbocycles. The second kappa shape index (κ2) is 13.8. The van der Waals surface area contributed by atoms with Gasteiger partial charge in [-0.05, 0) is 100 Å². The Bertz CT molecular complexity index is 1570. The number of aliphatic hydroxyl groups is 1. The number of likely N-dealkylation sites (N-methyl/N-ethyl adjacent to an activating group) is 1. The van der Waals surface area contributed by atoms with Crippen molar-refractivity contribution >= 4 is 36.1 Å². The van der Waals surface area contributed by atoms with Crippen LogP contribution in [-0.4, -0.2) is 71.2 Å². The van der Waals surface area contributed by atoms with Gasteiger partial charge in [0.15, 0.2) is 5.72 Å².